The Morgan fingerprint density at radius 3 is 2.53 bits per heavy atom. The van der Waals surface area contributed by atoms with E-state index >= 15 is 0 Å². The number of aromatic nitrogens is 1. The number of pyridine rings is 1. The summed E-state index contributed by atoms with van der Waals surface area (Å²) in [7, 11) is 1.54. The van der Waals surface area contributed by atoms with Crippen molar-refractivity contribution >= 4 is 5.69 Å². The number of methoxy groups -OCH3 is 1. The minimum absolute atomic E-state index is 0.0919. The number of benzene rings is 1. The molecule has 4 nitrogen and oxygen atoms in total. The minimum Gasteiger partial charge on any atom is -0.481 e. The first-order chi connectivity index (χ1) is 9.22. The third-order valence-electron chi connectivity index (χ3n) is 2.74. The second-order valence-corrected chi connectivity index (χ2v) is 4.02. The van der Waals surface area contributed by atoms with Gasteiger partial charge < -0.3 is 15.2 Å². The summed E-state index contributed by atoms with van der Waals surface area (Å²) in [5.41, 5.74) is 1.56. The van der Waals surface area contributed by atoms with Crippen LogP contribution in [0.15, 0.2) is 42.6 Å². The van der Waals surface area contributed by atoms with Crippen molar-refractivity contribution < 1.29 is 14.2 Å². The number of ether oxygens (including phenoxy) is 1. The molecule has 0 aliphatic heterocycles. The minimum atomic E-state index is -0.302. The van der Waals surface area contributed by atoms with Gasteiger partial charge in [-0.05, 0) is 35.9 Å². The number of hydrogen-bond acceptors (Lipinski definition) is 4. The molecule has 100 valence electrons. The molecule has 0 aliphatic carbocycles. The SMILES string of the molecule is COc1ccc(C(CO)Nc2ccc(F)cc2)cn1. The van der Waals surface area contributed by atoms with Crippen molar-refractivity contribution in [1.82, 2.24) is 4.98 Å². The van der Waals surface area contributed by atoms with Crippen LogP contribution in [0.3, 0.4) is 0 Å². The maximum atomic E-state index is 12.8. The van der Waals surface area contributed by atoms with Gasteiger partial charge in [-0.3, -0.25) is 0 Å². The Hall–Kier alpha value is -2.14. The summed E-state index contributed by atoms with van der Waals surface area (Å²) < 4.78 is 17.8. The molecule has 0 fully saturated rings. The average Bonchev–Trinajstić information content (AvgIpc) is 2.47. The zero-order chi connectivity index (χ0) is 13.7. The van der Waals surface area contributed by atoms with Crippen molar-refractivity contribution in [2.75, 3.05) is 19.0 Å². The molecule has 2 N–H and O–H groups in total. The van der Waals surface area contributed by atoms with Crippen molar-refractivity contribution in [1.29, 1.82) is 0 Å². The van der Waals surface area contributed by atoms with Gasteiger partial charge in [0.05, 0.1) is 19.8 Å². The molecular formula is C14H15FN2O2. The van der Waals surface area contributed by atoms with Crippen molar-refractivity contribution in [3.63, 3.8) is 0 Å². The molecule has 19 heavy (non-hydrogen) atoms. The maximum Gasteiger partial charge on any atom is 0.212 e. The number of anilines is 1. The summed E-state index contributed by atoms with van der Waals surface area (Å²) in [6.45, 7) is -0.0919. The van der Waals surface area contributed by atoms with Crippen LogP contribution < -0.4 is 10.1 Å². The lowest BCUT2D eigenvalue weighted by Crippen LogP contribution is -2.15. The second-order valence-electron chi connectivity index (χ2n) is 4.02. The lowest BCUT2D eigenvalue weighted by atomic mass is 10.1. The molecule has 0 aliphatic rings. The molecule has 2 aromatic rings. The van der Waals surface area contributed by atoms with Crippen LogP contribution in [0.2, 0.25) is 0 Å². The second kappa shape index (κ2) is 6.15. The summed E-state index contributed by atoms with van der Waals surface area (Å²) >= 11 is 0. The molecular weight excluding hydrogens is 247 g/mol. The van der Waals surface area contributed by atoms with Crippen LogP contribution in [0.4, 0.5) is 10.1 Å². The van der Waals surface area contributed by atoms with E-state index in [1.807, 2.05) is 6.07 Å². The monoisotopic (exact) mass is 262 g/mol. The van der Waals surface area contributed by atoms with E-state index in [2.05, 4.69) is 10.3 Å². The predicted octanol–water partition coefficient (Wildman–Crippen LogP) is 2.37. The number of rotatable bonds is 5. The Morgan fingerprint density at radius 2 is 2.00 bits per heavy atom. The Labute approximate surface area is 110 Å². The third-order valence-corrected chi connectivity index (χ3v) is 2.74. The van der Waals surface area contributed by atoms with Gasteiger partial charge in [0.2, 0.25) is 5.88 Å². The largest absolute Gasteiger partial charge is 0.481 e. The van der Waals surface area contributed by atoms with Crippen molar-refractivity contribution in [2.45, 2.75) is 6.04 Å². The Kier molecular flexibility index (Phi) is 4.30. The van der Waals surface area contributed by atoms with Gasteiger partial charge in [0, 0.05) is 18.0 Å². The zero-order valence-corrected chi connectivity index (χ0v) is 10.5. The molecule has 1 aromatic carbocycles. The van der Waals surface area contributed by atoms with E-state index in [1.54, 1.807) is 31.5 Å². The molecule has 5 heteroatoms. The van der Waals surface area contributed by atoms with Crippen LogP contribution in [-0.4, -0.2) is 23.8 Å². The summed E-state index contributed by atoms with van der Waals surface area (Å²) in [6.07, 6.45) is 1.64. The normalized spacial score (nSPS) is 11.9. The van der Waals surface area contributed by atoms with E-state index in [1.165, 1.54) is 12.1 Å². The standard InChI is InChI=1S/C14H15FN2O2/c1-19-14-7-2-10(8-16-14)13(9-18)17-12-5-3-11(15)4-6-12/h2-8,13,17-18H,9H2,1H3. The fourth-order valence-corrected chi connectivity index (χ4v) is 1.70. The molecule has 0 saturated carbocycles. The van der Waals surface area contributed by atoms with E-state index in [-0.39, 0.29) is 18.5 Å². The lowest BCUT2D eigenvalue weighted by Gasteiger charge is -2.17. The first-order valence-electron chi connectivity index (χ1n) is 5.86. The van der Waals surface area contributed by atoms with Gasteiger partial charge in [0.15, 0.2) is 0 Å². The topological polar surface area (TPSA) is 54.4 Å². The molecule has 1 unspecified atom stereocenters. The van der Waals surface area contributed by atoms with Gasteiger partial charge in [-0.25, -0.2) is 9.37 Å². The molecule has 0 spiro atoms. The van der Waals surface area contributed by atoms with Crippen LogP contribution in [0.1, 0.15) is 11.6 Å². The summed E-state index contributed by atoms with van der Waals surface area (Å²) in [6, 6.07) is 9.22. The fourth-order valence-electron chi connectivity index (χ4n) is 1.70. The lowest BCUT2D eigenvalue weighted by molar-refractivity contribution is 0.276. The highest BCUT2D eigenvalue weighted by Crippen LogP contribution is 2.20. The zero-order valence-electron chi connectivity index (χ0n) is 10.5. The number of hydrogen-bond donors (Lipinski definition) is 2. The number of nitrogens with zero attached hydrogens (tertiary/aromatic N) is 1. The van der Waals surface area contributed by atoms with Crippen molar-refractivity contribution in [3.8, 4) is 5.88 Å². The van der Waals surface area contributed by atoms with E-state index in [0.29, 0.717) is 5.88 Å². The average molecular weight is 262 g/mol. The molecule has 2 rings (SSSR count). The van der Waals surface area contributed by atoms with Gasteiger partial charge >= 0.3 is 0 Å². The Balaban J connectivity index is 2.12. The van der Waals surface area contributed by atoms with Gasteiger partial charge in [0.25, 0.3) is 0 Å². The molecule has 1 aromatic heterocycles. The summed E-state index contributed by atoms with van der Waals surface area (Å²) in [5.74, 6) is 0.222. The van der Waals surface area contributed by atoms with E-state index in [0.717, 1.165) is 11.3 Å². The fraction of sp³-hybridized carbons (Fsp3) is 0.214. The number of aliphatic hydroxyl groups is 1. The number of halogens is 1. The van der Waals surface area contributed by atoms with E-state index in [9.17, 15) is 9.50 Å². The summed E-state index contributed by atoms with van der Waals surface area (Å²) in [4.78, 5) is 4.09. The van der Waals surface area contributed by atoms with Crippen LogP contribution in [0, 0.1) is 5.82 Å². The van der Waals surface area contributed by atoms with Crippen LogP contribution in [0.25, 0.3) is 0 Å². The number of aliphatic hydroxyl groups excluding tert-OH is 1. The van der Waals surface area contributed by atoms with Gasteiger partial charge in [-0.2, -0.15) is 0 Å². The van der Waals surface area contributed by atoms with Crippen molar-refractivity contribution in [2.24, 2.45) is 0 Å². The van der Waals surface area contributed by atoms with Gasteiger partial charge in [-0.15, -0.1) is 0 Å². The smallest absolute Gasteiger partial charge is 0.212 e. The molecule has 1 heterocycles. The number of nitrogens with one attached hydrogen (secondary N) is 1. The highest BCUT2D eigenvalue weighted by atomic mass is 19.1. The Bertz CT molecular complexity index is 514. The quantitative estimate of drug-likeness (QED) is 0.868. The predicted molar refractivity (Wildman–Crippen MR) is 70.6 cm³/mol. The van der Waals surface area contributed by atoms with E-state index < -0.39 is 0 Å². The maximum absolute atomic E-state index is 12.8. The summed E-state index contributed by atoms with van der Waals surface area (Å²) in [5, 5.41) is 12.5. The third kappa shape index (κ3) is 3.42. The molecule has 0 amide bonds. The van der Waals surface area contributed by atoms with Crippen LogP contribution >= 0.6 is 0 Å². The van der Waals surface area contributed by atoms with Crippen LogP contribution in [-0.2, 0) is 0 Å². The first-order valence-corrected chi connectivity index (χ1v) is 5.86. The highest BCUT2D eigenvalue weighted by molar-refractivity contribution is 5.45. The van der Waals surface area contributed by atoms with E-state index in [4.69, 9.17) is 4.74 Å². The van der Waals surface area contributed by atoms with Crippen molar-refractivity contribution in [3.05, 3.63) is 54.0 Å². The molecule has 0 bridgehead atoms. The molecule has 0 saturated heterocycles. The molecule has 0 radical (unpaired) electrons. The Morgan fingerprint density at radius 1 is 1.26 bits per heavy atom. The van der Waals surface area contributed by atoms with Gasteiger partial charge in [0.1, 0.15) is 5.82 Å². The van der Waals surface area contributed by atoms with Crippen LogP contribution in [0.5, 0.6) is 5.88 Å². The molecule has 1 atom stereocenters. The first kappa shape index (κ1) is 13.3. The van der Waals surface area contributed by atoms with Gasteiger partial charge in [-0.1, -0.05) is 0 Å². The highest BCUT2D eigenvalue weighted by Gasteiger charge is 2.11.